The van der Waals surface area contributed by atoms with Gasteiger partial charge >= 0.3 is 5.97 Å². The van der Waals surface area contributed by atoms with Crippen molar-refractivity contribution in [2.45, 2.75) is 12.7 Å². The number of anilines is 1. The van der Waals surface area contributed by atoms with E-state index in [1.165, 1.54) is 18.0 Å². The van der Waals surface area contributed by atoms with E-state index in [1.807, 2.05) is 54.6 Å². The Bertz CT molecular complexity index is 1240. The van der Waals surface area contributed by atoms with Crippen molar-refractivity contribution in [1.29, 1.82) is 0 Å². The molecule has 4 rings (SSSR count). The average molecular weight is 487 g/mol. The summed E-state index contributed by atoms with van der Waals surface area (Å²) in [5, 5.41) is 2.52. The SMILES string of the molecule is CNC(=O)C1CN(C(=O)COC(=O)/C=C/c2ccc(OCc3ccccc3)cc2)c2ccccc2O1. The Morgan fingerprint density at radius 2 is 1.72 bits per heavy atom. The fourth-order valence-electron chi connectivity index (χ4n) is 3.61. The number of hydrogen-bond donors (Lipinski definition) is 1. The minimum absolute atomic E-state index is 0.0155. The van der Waals surface area contributed by atoms with Gasteiger partial charge in [0, 0.05) is 13.1 Å². The number of benzene rings is 3. The van der Waals surface area contributed by atoms with Crippen LogP contribution in [0.25, 0.3) is 6.08 Å². The first-order valence-corrected chi connectivity index (χ1v) is 11.4. The molecule has 3 aromatic rings. The Kier molecular flexibility index (Phi) is 7.97. The topological polar surface area (TPSA) is 94.2 Å². The Hall–Kier alpha value is -4.59. The van der Waals surface area contributed by atoms with E-state index in [2.05, 4.69) is 5.32 Å². The number of amides is 2. The summed E-state index contributed by atoms with van der Waals surface area (Å²) in [7, 11) is 1.50. The zero-order valence-electron chi connectivity index (χ0n) is 19.8. The number of ether oxygens (including phenoxy) is 3. The number of fused-ring (bicyclic) bond motifs is 1. The molecule has 1 atom stereocenters. The summed E-state index contributed by atoms with van der Waals surface area (Å²) in [6.45, 7) is 0.0136. The molecule has 0 spiro atoms. The van der Waals surface area contributed by atoms with E-state index in [0.29, 0.717) is 23.8 Å². The van der Waals surface area contributed by atoms with Crippen molar-refractivity contribution in [3.63, 3.8) is 0 Å². The molecule has 1 aliphatic heterocycles. The molecule has 0 aliphatic carbocycles. The summed E-state index contributed by atoms with van der Waals surface area (Å²) in [5.41, 5.74) is 2.37. The molecule has 1 unspecified atom stereocenters. The van der Waals surface area contributed by atoms with Crippen LogP contribution in [0.4, 0.5) is 5.69 Å². The van der Waals surface area contributed by atoms with E-state index in [-0.39, 0.29) is 12.5 Å². The molecule has 8 nitrogen and oxygen atoms in total. The number of likely N-dealkylation sites (N-methyl/N-ethyl adjacent to an activating group) is 1. The molecule has 1 heterocycles. The maximum Gasteiger partial charge on any atom is 0.331 e. The van der Waals surface area contributed by atoms with Gasteiger partial charge in [-0.25, -0.2) is 4.79 Å². The van der Waals surface area contributed by atoms with Gasteiger partial charge in [-0.15, -0.1) is 0 Å². The van der Waals surface area contributed by atoms with Crippen LogP contribution in [0.15, 0.2) is 84.9 Å². The molecule has 184 valence electrons. The lowest BCUT2D eigenvalue weighted by atomic mass is 10.1. The minimum Gasteiger partial charge on any atom is -0.489 e. The zero-order chi connectivity index (χ0) is 25.3. The Morgan fingerprint density at radius 1 is 1.00 bits per heavy atom. The van der Waals surface area contributed by atoms with E-state index in [0.717, 1.165) is 11.1 Å². The lowest BCUT2D eigenvalue weighted by Crippen LogP contribution is -2.51. The molecule has 0 radical (unpaired) electrons. The number of nitrogens with one attached hydrogen (secondary N) is 1. The highest BCUT2D eigenvalue weighted by Gasteiger charge is 2.33. The first-order valence-electron chi connectivity index (χ1n) is 11.4. The number of para-hydroxylation sites is 2. The second kappa shape index (κ2) is 11.7. The molecular formula is C28H26N2O6. The monoisotopic (exact) mass is 486 g/mol. The summed E-state index contributed by atoms with van der Waals surface area (Å²) < 4.78 is 16.6. The van der Waals surface area contributed by atoms with E-state index in [1.54, 1.807) is 30.3 Å². The fraction of sp³-hybridized carbons (Fsp3) is 0.179. The molecule has 36 heavy (non-hydrogen) atoms. The molecule has 2 amide bonds. The number of carbonyl (C=O) groups is 3. The molecule has 0 saturated carbocycles. The summed E-state index contributed by atoms with van der Waals surface area (Å²) >= 11 is 0. The summed E-state index contributed by atoms with van der Waals surface area (Å²) in [5.74, 6) is -0.338. The molecule has 8 heteroatoms. The van der Waals surface area contributed by atoms with E-state index in [4.69, 9.17) is 14.2 Å². The predicted octanol–water partition coefficient (Wildman–Crippen LogP) is 3.36. The smallest absolute Gasteiger partial charge is 0.331 e. The third kappa shape index (κ3) is 6.29. The Morgan fingerprint density at radius 3 is 2.47 bits per heavy atom. The van der Waals surface area contributed by atoms with Crippen LogP contribution in [0.5, 0.6) is 11.5 Å². The van der Waals surface area contributed by atoms with Crippen LogP contribution >= 0.6 is 0 Å². The summed E-state index contributed by atoms with van der Waals surface area (Å²) in [6.07, 6.45) is 2.00. The minimum atomic E-state index is -0.857. The van der Waals surface area contributed by atoms with Gasteiger partial charge in [-0.3, -0.25) is 9.59 Å². The van der Waals surface area contributed by atoms with E-state index < -0.39 is 24.6 Å². The second-order valence-electron chi connectivity index (χ2n) is 7.98. The van der Waals surface area contributed by atoms with Crippen molar-refractivity contribution in [2.24, 2.45) is 0 Å². The summed E-state index contributed by atoms with van der Waals surface area (Å²) in [4.78, 5) is 38.5. The van der Waals surface area contributed by atoms with Gasteiger partial charge in [0.15, 0.2) is 12.7 Å². The van der Waals surface area contributed by atoms with Gasteiger partial charge < -0.3 is 24.4 Å². The highest BCUT2D eigenvalue weighted by atomic mass is 16.5. The van der Waals surface area contributed by atoms with Crippen molar-refractivity contribution in [3.8, 4) is 11.5 Å². The molecule has 1 N–H and O–H groups in total. The quantitative estimate of drug-likeness (QED) is 0.388. The van der Waals surface area contributed by atoms with Crippen molar-refractivity contribution in [3.05, 3.63) is 96.1 Å². The molecule has 3 aromatic carbocycles. The van der Waals surface area contributed by atoms with Crippen molar-refractivity contribution < 1.29 is 28.6 Å². The first-order chi connectivity index (χ1) is 17.5. The van der Waals surface area contributed by atoms with Crippen LogP contribution in [0.1, 0.15) is 11.1 Å². The molecule has 0 aromatic heterocycles. The van der Waals surface area contributed by atoms with Crippen molar-refractivity contribution in [2.75, 3.05) is 25.1 Å². The van der Waals surface area contributed by atoms with Crippen LogP contribution in [0, 0.1) is 0 Å². The lowest BCUT2D eigenvalue weighted by Gasteiger charge is -2.33. The van der Waals surface area contributed by atoms with Gasteiger partial charge in [-0.2, -0.15) is 0 Å². The van der Waals surface area contributed by atoms with Crippen LogP contribution < -0.4 is 19.7 Å². The molecule has 0 saturated heterocycles. The van der Waals surface area contributed by atoms with Crippen LogP contribution in [0.2, 0.25) is 0 Å². The highest BCUT2D eigenvalue weighted by Crippen LogP contribution is 2.33. The molecule has 0 fully saturated rings. The molecule has 0 bridgehead atoms. The van der Waals surface area contributed by atoms with Crippen LogP contribution in [-0.4, -0.2) is 44.1 Å². The fourth-order valence-corrected chi connectivity index (χ4v) is 3.61. The third-order valence-electron chi connectivity index (χ3n) is 5.49. The second-order valence-corrected chi connectivity index (χ2v) is 7.98. The molecule has 1 aliphatic rings. The maximum absolute atomic E-state index is 12.8. The summed E-state index contributed by atoms with van der Waals surface area (Å²) in [6, 6.07) is 24.0. The third-order valence-corrected chi connectivity index (χ3v) is 5.49. The number of carbonyl (C=O) groups excluding carboxylic acids is 3. The van der Waals surface area contributed by atoms with Gasteiger partial charge in [0.25, 0.3) is 11.8 Å². The molecular weight excluding hydrogens is 460 g/mol. The van der Waals surface area contributed by atoms with Crippen molar-refractivity contribution in [1.82, 2.24) is 5.32 Å². The first kappa shape index (κ1) is 24.5. The predicted molar refractivity (Wildman–Crippen MR) is 134 cm³/mol. The number of rotatable bonds is 8. The van der Waals surface area contributed by atoms with Crippen LogP contribution in [0.3, 0.4) is 0 Å². The van der Waals surface area contributed by atoms with Gasteiger partial charge in [-0.1, -0.05) is 54.6 Å². The average Bonchev–Trinajstić information content (AvgIpc) is 2.93. The standard InChI is InChI=1S/C28H26N2O6/c1-29-28(33)25-17-30(23-9-5-6-10-24(23)36-25)26(31)19-35-27(32)16-13-20-11-14-22(15-12-20)34-18-21-7-3-2-4-8-21/h2-16,25H,17-19H2,1H3,(H,29,33)/b16-13+. The van der Waals surface area contributed by atoms with Crippen molar-refractivity contribution >= 4 is 29.5 Å². The van der Waals surface area contributed by atoms with Gasteiger partial charge in [0.1, 0.15) is 18.1 Å². The largest absolute Gasteiger partial charge is 0.489 e. The number of nitrogens with zero attached hydrogens (tertiary/aromatic N) is 1. The van der Waals surface area contributed by atoms with Gasteiger partial charge in [0.05, 0.1) is 12.2 Å². The van der Waals surface area contributed by atoms with E-state index >= 15 is 0 Å². The number of esters is 1. The zero-order valence-corrected chi connectivity index (χ0v) is 19.8. The lowest BCUT2D eigenvalue weighted by molar-refractivity contribution is -0.143. The highest BCUT2D eigenvalue weighted by molar-refractivity contribution is 5.99. The van der Waals surface area contributed by atoms with Crippen LogP contribution in [-0.2, 0) is 25.7 Å². The van der Waals surface area contributed by atoms with Gasteiger partial charge in [-0.05, 0) is 41.5 Å². The Balaban J connectivity index is 1.29. The Labute approximate surface area is 209 Å². The van der Waals surface area contributed by atoms with E-state index in [9.17, 15) is 14.4 Å². The van der Waals surface area contributed by atoms with Gasteiger partial charge in [0.2, 0.25) is 0 Å². The normalized spacial score (nSPS) is 14.5. The maximum atomic E-state index is 12.8. The number of hydrogen-bond acceptors (Lipinski definition) is 6.